The minimum Gasteiger partial charge on any atom is -0.395 e. The summed E-state index contributed by atoms with van der Waals surface area (Å²) in [5.74, 6) is -0.123. The molecular formula is C16H17NO2. The van der Waals surface area contributed by atoms with Crippen LogP contribution in [0.2, 0.25) is 0 Å². The number of amides is 1. The summed E-state index contributed by atoms with van der Waals surface area (Å²) in [5, 5.41) is 12.3. The lowest BCUT2D eigenvalue weighted by atomic mass is 9.92. The van der Waals surface area contributed by atoms with Gasteiger partial charge < -0.3 is 10.4 Å². The van der Waals surface area contributed by atoms with E-state index in [9.17, 15) is 9.90 Å². The van der Waals surface area contributed by atoms with Crippen LogP contribution in [-0.2, 0) is 4.79 Å². The van der Waals surface area contributed by atoms with Crippen molar-refractivity contribution >= 4 is 11.6 Å². The molecule has 19 heavy (non-hydrogen) atoms. The fraction of sp³-hybridized carbons (Fsp3) is 0.188. The maximum Gasteiger partial charge on any atom is 0.221 e. The van der Waals surface area contributed by atoms with Crippen LogP contribution in [0.3, 0.4) is 0 Å². The van der Waals surface area contributed by atoms with Crippen LogP contribution in [0, 0.1) is 0 Å². The summed E-state index contributed by atoms with van der Waals surface area (Å²) in [5.41, 5.74) is 2.88. The summed E-state index contributed by atoms with van der Waals surface area (Å²) in [4.78, 5) is 11.0. The van der Waals surface area contributed by atoms with Crippen molar-refractivity contribution in [2.75, 3.05) is 11.9 Å². The Morgan fingerprint density at radius 1 is 1.05 bits per heavy atom. The highest BCUT2D eigenvalue weighted by Crippen LogP contribution is 2.25. The number of carbonyl (C=O) groups is 1. The van der Waals surface area contributed by atoms with Gasteiger partial charge in [0, 0.05) is 18.5 Å². The van der Waals surface area contributed by atoms with Gasteiger partial charge in [0.2, 0.25) is 5.91 Å². The van der Waals surface area contributed by atoms with E-state index in [4.69, 9.17) is 0 Å². The molecule has 98 valence electrons. The molecule has 2 rings (SSSR count). The molecular weight excluding hydrogens is 238 g/mol. The van der Waals surface area contributed by atoms with Crippen molar-refractivity contribution in [3.8, 4) is 0 Å². The summed E-state index contributed by atoms with van der Waals surface area (Å²) in [7, 11) is 0. The van der Waals surface area contributed by atoms with Crippen LogP contribution >= 0.6 is 0 Å². The Hall–Kier alpha value is -2.13. The fourth-order valence-corrected chi connectivity index (χ4v) is 2.09. The Balaban J connectivity index is 2.22. The molecule has 0 saturated carbocycles. The number of anilines is 1. The van der Waals surface area contributed by atoms with Crippen LogP contribution in [0.15, 0.2) is 54.6 Å². The molecule has 3 nitrogen and oxygen atoms in total. The molecule has 0 saturated heterocycles. The molecule has 2 N–H and O–H groups in total. The quantitative estimate of drug-likeness (QED) is 0.882. The van der Waals surface area contributed by atoms with Crippen LogP contribution < -0.4 is 5.32 Å². The van der Waals surface area contributed by atoms with E-state index in [2.05, 4.69) is 5.32 Å². The molecule has 0 unspecified atom stereocenters. The largest absolute Gasteiger partial charge is 0.395 e. The lowest BCUT2D eigenvalue weighted by Crippen LogP contribution is -2.08. The number of hydrogen-bond acceptors (Lipinski definition) is 2. The maximum atomic E-state index is 11.0. The third-order valence-corrected chi connectivity index (χ3v) is 3.02. The van der Waals surface area contributed by atoms with Crippen LogP contribution in [-0.4, -0.2) is 17.6 Å². The lowest BCUT2D eigenvalue weighted by Gasteiger charge is -2.15. The Bertz CT molecular complexity index is 534. The van der Waals surface area contributed by atoms with Gasteiger partial charge in [0.1, 0.15) is 0 Å². The number of rotatable bonds is 4. The molecule has 0 radical (unpaired) electrons. The van der Waals surface area contributed by atoms with E-state index in [0.29, 0.717) is 0 Å². The van der Waals surface area contributed by atoms with Crippen LogP contribution in [0.1, 0.15) is 24.0 Å². The van der Waals surface area contributed by atoms with Gasteiger partial charge in [-0.2, -0.15) is 0 Å². The van der Waals surface area contributed by atoms with Crippen molar-refractivity contribution in [1.82, 2.24) is 0 Å². The van der Waals surface area contributed by atoms with Crippen molar-refractivity contribution in [3.63, 3.8) is 0 Å². The van der Waals surface area contributed by atoms with Gasteiger partial charge in [-0.15, -0.1) is 0 Å². The first-order valence-corrected chi connectivity index (χ1v) is 6.24. The highest BCUT2D eigenvalue weighted by Gasteiger charge is 2.12. The summed E-state index contributed by atoms with van der Waals surface area (Å²) >= 11 is 0. The molecule has 0 aromatic heterocycles. The van der Waals surface area contributed by atoms with Gasteiger partial charge in [0.25, 0.3) is 0 Å². The van der Waals surface area contributed by atoms with Crippen molar-refractivity contribution in [1.29, 1.82) is 0 Å². The lowest BCUT2D eigenvalue weighted by molar-refractivity contribution is -0.114. The standard InChI is InChI=1S/C16H17NO2/c1-12(19)17-15-9-7-14(8-10-15)16(11-18)13-5-3-2-4-6-13/h2-10,16,18H,11H2,1H3,(H,17,19)/t16-/m1/s1. The molecule has 0 heterocycles. The minimum atomic E-state index is -0.0884. The summed E-state index contributed by atoms with van der Waals surface area (Å²) in [6.07, 6.45) is 0. The average molecular weight is 255 g/mol. The normalized spacial score (nSPS) is 11.9. The zero-order valence-corrected chi connectivity index (χ0v) is 10.8. The van der Waals surface area contributed by atoms with Gasteiger partial charge in [-0.25, -0.2) is 0 Å². The number of benzene rings is 2. The monoisotopic (exact) mass is 255 g/mol. The zero-order valence-electron chi connectivity index (χ0n) is 10.8. The number of aliphatic hydroxyl groups is 1. The molecule has 2 aromatic carbocycles. The third kappa shape index (κ3) is 3.42. The van der Waals surface area contributed by atoms with Crippen LogP contribution in [0.4, 0.5) is 5.69 Å². The van der Waals surface area contributed by atoms with Crippen molar-refractivity contribution in [3.05, 3.63) is 65.7 Å². The summed E-state index contributed by atoms with van der Waals surface area (Å²) in [6, 6.07) is 17.4. The van der Waals surface area contributed by atoms with Gasteiger partial charge in [-0.05, 0) is 23.3 Å². The first-order chi connectivity index (χ1) is 9.20. The van der Waals surface area contributed by atoms with Gasteiger partial charge >= 0.3 is 0 Å². The SMILES string of the molecule is CC(=O)Nc1ccc([C@H](CO)c2ccccc2)cc1. The van der Waals surface area contributed by atoms with E-state index < -0.39 is 0 Å². The second-order valence-corrected chi connectivity index (χ2v) is 4.45. The van der Waals surface area contributed by atoms with Gasteiger partial charge in [0.05, 0.1) is 6.61 Å². The smallest absolute Gasteiger partial charge is 0.221 e. The molecule has 0 aliphatic rings. The average Bonchev–Trinajstić information content (AvgIpc) is 2.42. The number of aliphatic hydroxyl groups excluding tert-OH is 1. The van der Waals surface area contributed by atoms with E-state index in [0.717, 1.165) is 16.8 Å². The fourth-order valence-electron chi connectivity index (χ4n) is 2.09. The number of carbonyl (C=O) groups excluding carboxylic acids is 1. The number of nitrogens with one attached hydrogen (secondary N) is 1. The summed E-state index contributed by atoms with van der Waals surface area (Å²) < 4.78 is 0. The van der Waals surface area contributed by atoms with E-state index in [1.807, 2.05) is 54.6 Å². The molecule has 0 spiro atoms. The maximum absolute atomic E-state index is 11.0. The van der Waals surface area contributed by atoms with Crippen LogP contribution in [0.25, 0.3) is 0 Å². The molecule has 0 aliphatic heterocycles. The van der Waals surface area contributed by atoms with E-state index in [1.165, 1.54) is 6.92 Å². The van der Waals surface area contributed by atoms with Gasteiger partial charge in [-0.3, -0.25) is 4.79 Å². The third-order valence-electron chi connectivity index (χ3n) is 3.02. The Morgan fingerprint density at radius 3 is 2.16 bits per heavy atom. The first-order valence-electron chi connectivity index (χ1n) is 6.24. The van der Waals surface area contributed by atoms with Crippen molar-refractivity contribution in [2.24, 2.45) is 0 Å². The molecule has 1 atom stereocenters. The molecule has 1 amide bonds. The molecule has 0 fully saturated rings. The van der Waals surface area contributed by atoms with Gasteiger partial charge in [0.15, 0.2) is 0 Å². The van der Waals surface area contributed by atoms with Crippen molar-refractivity contribution < 1.29 is 9.90 Å². The molecule has 0 aliphatic carbocycles. The second-order valence-electron chi connectivity index (χ2n) is 4.45. The predicted octanol–water partition coefficient (Wildman–Crippen LogP) is 2.77. The highest BCUT2D eigenvalue weighted by molar-refractivity contribution is 5.88. The van der Waals surface area contributed by atoms with Crippen molar-refractivity contribution in [2.45, 2.75) is 12.8 Å². The Labute approximate surface area is 112 Å². The highest BCUT2D eigenvalue weighted by atomic mass is 16.3. The summed E-state index contributed by atoms with van der Waals surface area (Å²) in [6.45, 7) is 1.54. The Morgan fingerprint density at radius 2 is 1.63 bits per heavy atom. The number of hydrogen-bond donors (Lipinski definition) is 2. The van der Waals surface area contributed by atoms with Gasteiger partial charge in [-0.1, -0.05) is 42.5 Å². The van der Waals surface area contributed by atoms with E-state index in [-0.39, 0.29) is 18.4 Å². The van der Waals surface area contributed by atoms with E-state index >= 15 is 0 Å². The Kier molecular flexibility index (Phi) is 4.31. The topological polar surface area (TPSA) is 49.3 Å². The minimum absolute atomic E-state index is 0.0346. The molecule has 0 bridgehead atoms. The first kappa shape index (κ1) is 13.3. The molecule has 3 heteroatoms. The van der Waals surface area contributed by atoms with Crippen LogP contribution in [0.5, 0.6) is 0 Å². The zero-order chi connectivity index (χ0) is 13.7. The second kappa shape index (κ2) is 6.16. The molecule has 2 aromatic rings. The predicted molar refractivity (Wildman–Crippen MR) is 76.1 cm³/mol. The van der Waals surface area contributed by atoms with E-state index in [1.54, 1.807) is 0 Å².